The van der Waals surface area contributed by atoms with Crippen LogP contribution in [0, 0.1) is 0 Å². The largest absolute Gasteiger partial charge is 0.309 e. The second-order valence-corrected chi connectivity index (χ2v) is 14.4. The third kappa shape index (κ3) is 5.66. The maximum absolute atomic E-state index is 5.24. The number of nitrogens with zero attached hydrogens (tertiary/aromatic N) is 4. The molecule has 4 nitrogen and oxygen atoms in total. The minimum atomic E-state index is 0.621. The molecule has 0 saturated carbocycles. The second-order valence-electron chi connectivity index (χ2n) is 14.4. The first-order valence-corrected chi connectivity index (χ1v) is 19.3. The Kier molecular flexibility index (Phi) is 7.78. The van der Waals surface area contributed by atoms with E-state index in [1.54, 1.807) is 0 Å². The average Bonchev–Trinajstić information content (AvgIpc) is 3.63. The van der Waals surface area contributed by atoms with Gasteiger partial charge in [0.15, 0.2) is 17.5 Å². The molecular formula is C53H34N4. The number of benzene rings is 9. The molecule has 0 N–H and O–H groups in total. The van der Waals surface area contributed by atoms with Crippen LogP contribution in [0.4, 0.5) is 0 Å². The van der Waals surface area contributed by atoms with Crippen LogP contribution < -0.4 is 0 Å². The first kappa shape index (κ1) is 32.7. The standard InChI is InChI=1S/C53H34N4/c1-3-15-35(16-4-1)48-34-40(57-49-25-13-11-23-44(49)45-24-12-14-26-50(45)57)31-32-46(48)53-55-51(37-17-5-2-6-18-37)54-52(56-53)38-29-27-36(28-30-38)47-33-39-19-7-8-20-41(39)42-21-9-10-22-43(42)47/h1-34H. The fourth-order valence-corrected chi connectivity index (χ4v) is 8.36. The van der Waals surface area contributed by atoms with E-state index in [1.165, 1.54) is 48.9 Å². The Morgan fingerprint density at radius 2 is 0.754 bits per heavy atom. The lowest BCUT2D eigenvalue weighted by Gasteiger charge is -2.15. The summed E-state index contributed by atoms with van der Waals surface area (Å²) in [6, 6.07) is 72.8. The van der Waals surface area contributed by atoms with Crippen LogP contribution >= 0.6 is 0 Å². The van der Waals surface area contributed by atoms with Gasteiger partial charge in [0.25, 0.3) is 0 Å². The van der Waals surface area contributed by atoms with E-state index in [2.05, 4.69) is 193 Å². The van der Waals surface area contributed by atoms with Gasteiger partial charge in [-0.2, -0.15) is 0 Å². The monoisotopic (exact) mass is 726 g/mol. The number of para-hydroxylation sites is 2. The predicted molar refractivity (Wildman–Crippen MR) is 236 cm³/mol. The van der Waals surface area contributed by atoms with Gasteiger partial charge in [-0.25, -0.2) is 15.0 Å². The summed E-state index contributed by atoms with van der Waals surface area (Å²) in [7, 11) is 0. The highest BCUT2D eigenvalue weighted by Gasteiger charge is 2.19. The fraction of sp³-hybridized carbons (Fsp3) is 0. The molecule has 2 heterocycles. The molecule has 0 atom stereocenters. The molecule has 0 amide bonds. The van der Waals surface area contributed by atoms with Gasteiger partial charge in [0.2, 0.25) is 0 Å². The van der Waals surface area contributed by atoms with Crippen molar-refractivity contribution in [2.24, 2.45) is 0 Å². The first-order valence-electron chi connectivity index (χ1n) is 19.3. The molecule has 0 fully saturated rings. The summed E-state index contributed by atoms with van der Waals surface area (Å²) in [6.45, 7) is 0. The van der Waals surface area contributed by atoms with Crippen LogP contribution in [0.5, 0.6) is 0 Å². The van der Waals surface area contributed by atoms with Gasteiger partial charge in [-0.1, -0.05) is 170 Å². The maximum atomic E-state index is 5.24. The van der Waals surface area contributed by atoms with E-state index in [-0.39, 0.29) is 0 Å². The zero-order chi connectivity index (χ0) is 37.7. The van der Waals surface area contributed by atoms with Crippen molar-refractivity contribution >= 4 is 43.4 Å². The lowest BCUT2D eigenvalue weighted by Crippen LogP contribution is -2.02. The van der Waals surface area contributed by atoms with Gasteiger partial charge in [-0.05, 0) is 80.2 Å². The summed E-state index contributed by atoms with van der Waals surface area (Å²) in [5.41, 5.74) is 10.7. The number of fused-ring (bicyclic) bond motifs is 6. The molecule has 2 aromatic heterocycles. The van der Waals surface area contributed by atoms with Crippen molar-refractivity contribution in [1.29, 1.82) is 0 Å². The van der Waals surface area contributed by atoms with Crippen LogP contribution in [0.1, 0.15) is 0 Å². The normalized spacial score (nSPS) is 11.5. The van der Waals surface area contributed by atoms with E-state index < -0.39 is 0 Å². The third-order valence-corrected chi connectivity index (χ3v) is 11.1. The Morgan fingerprint density at radius 3 is 1.42 bits per heavy atom. The maximum Gasteiger partial charge on any atom is 0.164 e. The molecule has 0 bridgehead atoms. The van der Waals surface area contributed by atoms with E-state index in [0.29, 0.717) is 17.5 Å². The molecule has 11 rings (SSSR count). The molecular weight excluding hydrogens is 693 g/mol. The molecule has 0 radical (unpaired) electrons. The summed E-state index contributed by atoms with van der Waals surface area (Å²) < 4.78 is 2.36. The molecule has 0 unspecified atom stereocenters. The minimum Gasteiger partial charge on any atom is -0.309 e. The highest BCUT2D eigenvalue weighted by atomic mass is 15.0. The van der Waals surface area contributed by atoms with Gasteiger partial charge in [-0.15, -0.1) is 0 Å². The van der Waals surface area contributed by atoms with Gasteiger partial charge in [-0.3, -0.25) is 0 Å². The molecule has 4 heteroatoms. The molecule has 57 heavy (non-hydrogen) atoms. The molecule has 0 aliphatic rings. The molecule has 11 aromatic rings. The quantitative estimate of drug-likeness (QED) is 0.160. The van der Waals surface area contributed by atoms with Crippen molar-refractivity contribution in [3.63, 3.8) is 0 Å². The van der Waals surface area contributed by atoms with Crippen LogP contribution in [0.25, 0.3) is 105 Å². The first-order chi connectivity index (χ1) is 28.3. The SMILES string of the molecule is c1ccc(-c2nc(-c3ccc(-c4cc5ccccc5c5ccccc45)cc3)nc(-c3ccc(-n4c5ccccc5c5ccccc54)cc3-c3ccccc3)n2)cc1. The Hall–Kier alpha value is -7.69. The molecule has 0 aliphatic carbocycles. The summed E-state index contributed by atoms with van der Waals surface area (Å²) in [6.07, 6.45) is 0. The predicted octanol–water partition coefficient (Wildman–Crippen LogP) is 13.6. The summed E-state index contributed by atoms with van der Waals surface area (Å²) in [5, 5.41) is 7.43. The number of hydrogen-bond donors (Lipinski definition) is 0. The molecule has 266 valence electrons. The van der Waals surface area contributed by atoms with Crippen molar-refractivity contribution in [1.82, 2.24) is 19.5 Å². The van der Waals surface area contributed by atoms with E-state index in [9.17, 15) is 0 Å². The summed E-state index contributed by atoms with van der Waals surface area (Å²) >= 11 is 0. The highest BCUT2D eigenvalue weighted by Crippen LogP contribution is 2.39. The van der Waals surface area contributed by atoms with Crippen molar-refractivity contribution in [3.05, 3.63) is 206 Å². The molecule has 0 aliphatic heterocycles. The van der Waals surface area contributed by atoms with Gasteiger partial charge in [0.05, 0.1) is 11.0 Å². The zero-order valence-electron chi connectivity index (χ0n) is 30.9. The smallest absolute Gasteiger partial charge is 0.164 e. The Balaban J connectivity index is 1.08. The summed E-state index contributed by atoms with van der Waals surface area (Å²) in [5.74, 6) is 1.88. The third-order valence-electron chi connectivity index (χ3n) is 11.1. The molecule has 0 spiro atoms. The van der Waals surface area contributed by atoms with Crippen LogP contribution in [0.2, 0.25) is 0 Å². The number of aromatic nitrogens is 4. The zero-order valence-corrected chi connectivity index (χ0v) is 30.9. The van der Waals surface area contributed by atoms with Crippen LogP contribution in [0.3, 0.4) is 0 Å². The Morgan fingerprint density at radius 1 is 0.281 bits per heavy atom. The van der Waals surface area contributed by atoms with E-state index in [4.69, 9.17) is 15.0 Å². The molecule has 9 aromatic carbocycles. The topological polar surface area (TPSA) is 43.6 Å². The average molecular weight is 727 g/mol. The lowest BCUT2D eigenvalue weighted by atomic mass is 9.93. The van der Waals surface area contributed by atoms with Gasteiger partial charge >= 0.3 is 0 Å². The highest BCUT2D eigenvalue weighted by molar-refractivity contribution is 6.14. The fourth-order valence-electron chi connectivity index (χ4n) is 8.36. The van der Waals surface area contributed by atoms with Crippen molar-refractivity contribution < 1.29 is 0 Å². The van der Waals surface area contributed by atoms with E-state index in [1.807, 2.05) is 18.2 Å². The molecule has 0 saturated heterocycles. The Bertz CT molecular complexity index is 3220. The number of hydrogen-bond acceptors (Lipinski definition) is 3. The van der Waals surface area contributed by atoms with Gasteiger partial charge in [0, 0.05) is 33.2 Å². The number of rotatable bonds is 6. The van der Waals surface area contributed by atoms with Crippen molar-refractivity contribution in [2.75, 3.05) is 0 Å². The second kappa shape index (κ2) is 13.6. The lowest BCUT2D eigenvalue weighted by molar-refractivity contribution is 1.07. The van der Waals surface area contributed by atoms with E-state index in [0.717, 1.165) is 39.1 Å². The Labute approximate surface area is 330 Å². The van der Waals surface area contributed by atoms with E-state index >= 15 is 0 Å². The van der Waals surface area contributed by atoms with Gasteiger partial charge < -0.3 is 4.57 Å². The van der Waals surface area contributed by atoms with Crippen molar-refractivity contribution in [3.8, 4) is 62.1 Å². The van der Waals surface area contributed by atoms with Gasteiger partial charge in [0.1, 0.15) is 0 Å². The summed E-state index contributed by atoms with van der Waals surface area (Å²) in [4.78, 5) is 15.5. The van der Waals surface area contributed by atoms with Crippen LogP contribution in [-0.2, 0) is 0 Å². The van der Waals surface area contributed by atoms with Crippen LogP contribution in [0.15, 0.2) is 206 Å². The van der Waals surface area contributed by atoms with Crippen LogP contribution in [-0.4, -0.2) is 19.5 Å². The van der Waals surface area contributed by atoms with Crippen molar-refractivity contribution in [2.45, 2.75) is 0 Å². The minimum absolute atomic E-state index is 0.621.